The number of hydrogen-bond donors (Lipinski definition) is 0. The molecule has 9 aromatic rings. The predicted octanol–water partition coefficient (Wildman–Crippen LogP) is 10.4. The third kappa shape index (κ3) is 3.77. The summed E-state index contributed by atoms with van der Waals surface area (Å²) in [6.07, 6.45) is 4.94. The molecule has 0 atom stereocenters. The molecule has 1 aliphatic heterocycles. The summed E-state index contributed by atoms with van der Waals surface area (Å²) in [5, 5.41) is 5.81. The van der Waals surface area contributed by atoms with Crippen LogP contribution in [0.3, 0.4) is 0 Å². The Hall–Kier alpha value is -5.94. The highest BCUT2D eigenvalue weighted by molar-refractivity contribution is 6.12. The minimum absolute atomic E-state index is 0.777. The van der Waals surface area contributed by atoms with Crippen LogP contribution in [0.4, 0.5) is 0 Å². The van der Waals surface area contributed by atoms with Crippen LogP contribution in [-0.2, 0) is 6.42 Å². The Labute approximate surface area is 271 Å². The fourth-order valence-corrected chi connectivity index (χ4v) is 8.02. The summed E-state index contributed by atoms with van der Waals surface area (Å²) in [7, 11) is 0. The summed E-state index contributed by atoms with van der Waals surface area (Å²) in [6, 6.07) is 36.6. The summed E-state index contributed by atoms with van der Waals surface area (Å²) < 4.78 is 11.2. The van der Waals surface area contributed by atoms with Gasteiger partial charge in [-0.15, -0.1) is 0 Å². The molecule has 0 saturated heterocycles. The van der Waals surface area contributed by atoms with Crippen molar-refractivity contribution in [3.05, 3.63) is 143 Å². The number of rotatable bonds is 3. The number of para-hydroxylation sites is 2. The van der Waals surface area contributed by atoms with E-state index in [0.29, 0.717) is 0 Å². The van der Waals surface area contributed by atoms with E-state index in [1.54, 1.807) is 0 Å². The second-order valence-electron chi connectivity index (χ2n) is 12.9. The van der Waals surface area contributed by atoms with Gasteiger partial charge >= 0.3 is 0 Å². The number of pyridine rings is 2. The van der Waals surface area contributed by atoms with Gasteiger partial charge in [0.1, 0.15) is 22.8 Å². The maximum absolute atomic E-state index is 6.66. The van der Waals surface area contributed by atoms with E-state index in [0.717, 1.165) is 56.9 Å². The second kappa shape index (κ2) is 9.54. The minimum Gasteiger partial charge on any atom is -0.457 e. The van der Waals surface area contributed by atoms with Gasteiger partial charge in [0.25, 0.3) is 0 Å². The number of benzene rings is 5. The lowest BCUT2D eigenvalue weighted by Gasteiger charge is -2.21. The third-order valence-electron chi connectivity index (χ3n) is 9.87. The van der Waals surface area contributed by atoms with Gasteiger partial charge in [0, 0.05) is 52.0 Å². The summed E-state index contributed by atoms with van der Waals surface area (Å²) in [5.74, 6) is 1.57. The molecule has 5 heteroatoms. The van der Waals surface area contributed by atoms with Gasteiger partial charge in [-0.1, -0.05) is 60.2 Å². The van der Waals surface area contributed by atoms with Gasteiger partial charge in [0.05, 0.1) is 22.4 Å². The van der Waals surface area contributed by atoms with Crippen molar-refractivity contribution in [1.82, 2.24) is 18.9 Å². The molecule has 0 amide bonds. The molecule has 10 rings (SSSR count). The van der Waals surface area contributed by atoms with Gasteiger partial charge in [-0.3, -0.25) is 8.97 Å². The second-order valence-corrected chi connectivity index (χ2v) is 12.9. The fourth-order valence-electron chi connectivity index (χ4n) is 8.02. The fraction of sp³-hybridized carbons (Fsp3) is 0.0952. The van der Waals surface area contributed by atoms with Gasteiger partial charge in [0.15, 0.2) is 0 Å². The highest BCUT2D eigenvalue weighted by atomic mass is 16.5. The molecule has 4 aromatic heterocycles. The Morgan fingerprint density at radius 3 is 2.32 bits per heavy atom. The molecule has 0 spiro atoms. The zero-order valence-electron chi connectivity index (χ0n) is 26.4. The third-order valence-corrected chi connectivity index (χ3v) is 9.87. The van der Waals surface area contributed by atoms with Gasteiger partial charge in [-0.25, -0.2) is 9.97 Å². The predicted molar refractivity (Wildman–Crippen MR) is 191 cm³/mol. The summed E-state index contributed by atoms with van der Waals surface area (Å²) in [6.45, 7) is 6.50. The maximum atomic E-state index is 6.66. The van der Waals surface area contributed by atoms with Crippen molar-refractivity contribution in [3.63, 3.8) is 0 Å². The minimum atomic E-state index is 0.777. The van der Waals surface area contributed by atoms with Gasteiger partial charge in [-0.2, -0.15) is 0 Å². The number of fused-ring (bicyclic) bond motifs is 11. The van der Waals surface area contributed by atoms with Crippen LogP contribution < -0.4 is 4.74 Å². The molecule has 5 nitrogen and oxygen atoms in total. The lowest BCUT2D eigenvalue weighted by molar-refractivity contribution is 0.483. The highest BCUT2D eigenvalue weighted by Crippen LogP contribution is 2.41. The monoisotopic (exact) mass is 606 g/mol. The summed E-state index contributed by atoms with van der Waals surface area (Å²) >= 11 is 0. The van der Waals surface area contributed by atoms with Crippen molar-refractivity contribution >= 4 is 49.3 Å². The van der Waals surface area contributed by atoms with Crippen molar-refractivity contribution in [2.75, 3.05) is 0 Å². The van der Waals surface area contributed by atoms with Crippen LogP contribution in [0.2, 0.25) is 0 Å². The van der Waals surface area contributed by atoms with Crippen LogP contribution >= 0.6 is 0 Å². The summed E-state index contributed by atoms with van der Waals surface area (Å²) in [5.41, 5.74) is 13.9. The normalized spacial score (nSPS) is 12.5. The van der Waals surface area contributed by atoms with Crippen molar-refractivity contribution in [2.24, 2.45) is 0 Å². The van der Waals surface area contributed by atoms with Crippen LogP contribution in [0.5, 0.6) is 11.5 Å². The number of aromatic nitrogens is 4. The van der Waals surface area contributed by atoms with Crippen molar-refractivity contribution in [1.29, 1.82) is 0 Å². The molecule has 1 aliphatic rings. The first-order chi connectivity index (χ1) is 23.0. The molecule has 0 bridgehead atoms. The Bertz CT molecular complexity index is 2760. The lowest BCUT2D eigenvalue weighted by Crippen LogP contribution is -2.08. The smallest absolute Gasteiger partial charge is 0.146 e. The van der Waals surface area contributed by atoms with E-state index in [1.807, 2.05) is 12.3 Å². The SMILES string of the molecule is Cc1cc(C)c(-c2cn3c4ccccc4c4ccc(Oc5ccc6c(c5)-n5c7ncccc7c7cccc(c75)C6)cc4c3n2)c(C)c1. The molecular formula is C42H30N4O. The Morgan fingerprint density at radius 1 is 0.638 bits per heavy atom. The molecule has 0 unspecified atom stereocenters. The molecular weight excluding hydrogens is 576 g/mol. The first kappa shape index (κ1) is 26.3. The van der Waals surface area contributed by atoms with Crippen LogP contribution in [-0.4, -0.2) is 18.9 Å². The van der Waals surface area contributed by atoms with E-state index in [-0.39, 0.29) is 0 Å². The average molecular weight is 607 g/mol. The molecule has 0 radical (unpaired) electrons. The molecule has 0 saturated carbocycles. The average Bonchev–Trinajstić information content (AvgIpc) is 3.66. The van der Waals surface area contributed by atoms with E-state index in [1.165, 1.54) is 55.1 Å². The van der Waals surface area contributed by atoms with Gasteiger partial charge < -0.3 is 4.74 Å². The number of hydrogen-bond acceptors (Lipinski definition) is 3. The molecule has 5 heterocycles. The molecule has 224 valence electrons. The van der Waals surface area contributed by atoms with Crippen LogP contribution in [0.1, 0.15) is 27.8 Å². The quantitative estimate of drug-likeness (QED) is 0.188. The topological polar surface area (TPSA) is 44.4 Å². The molecule has 5 aromatic carbocycles. The van der Waals surface area contributed by atoms with Crippen LogP contribution in [0, 0.1) is 20.8 Å². The van der Waals surface area contributed by atoms with E-state index in [9.17, 15) is 0 Å². The highest BCUT2D eigenvalue weighted by Gasteiger charge is 2.23. The Morgan fingerprint density at radius 2 is 1.43 bits per heavy atom. The summed E-state index contributed by atoms with van der Waals surface area (Å²) in [4.78, 5) is 10.1. The Balaban J connectivity index is 1.13. The van der Waals surface area contributed by atoms with Crippen LogP contribution in [0.15, 0.2) is 116 Å². The van der Waals surface area contributed by atoms with E-state index < -0.39 is 0 Å². The molecule has 0 fully saturated rings. The van der Waals surface area contributed by atoms with Crippen LogP contribution in [0.25, 0.3) is 66.2 Å². The van der Waals surface area contributed by atoms with Crippen molar-refractivity contribution < 1.29 is 4.74 Å². The van der Waals surface area contributed by atoms with Crippen molar-refractivity contribution in [2.45, 2.75) is 27.2 Å². The van der Waals surface area contributed by atoms with E-state index in [4.69, 9.17) is 14.7 Å². The zero-order valence-corrected chi connectivity index (χ0v) is 26.4. The standard InChI is InChI=1S/C42H30N4O/c1-24-18-25(2)39(26(3)19-24)36-23-45-37-12-5-4-9-32(37)31-16-15-29(21-35(31)42(45)44-36)47-30-14-13-27-20-28-8-6-10-33-34-11-7-17-43-41(34)46(40(28)33)38(27)22-30/h4-19,21-23H,20H2,1-3H3. The first-order valence-corrected chi connectivity index (χ1v) is 16.1. The zero-order chi connectivity index (χ0) is 31.4. The number of nitrogens with zero attached hydrogens (tertiary/aromatic N) is 4. The lowest BCUT2D eigenvalue weighted by atomic mass is 9.97. The van der Waals surface area contributed by atoms with Gasteiger partial charge in [0.2, 0.25) is 0 Å². The molecule has 47 heavy (non-hydrogen) atoms. The maximum Gasteiger partial charge on any atom is 0.146 e. The molecule has 0 aliphatic carbocycles. The Kier molecular flexibility index (Phi) is 5.33. The number of aryl methyl sites for hydroxylation is 3. The van der Waals surface area contributed by atoms with Crippen molar-refractivity contribution in [3.8, 4) is 28.4 Å². The first-order valence-electron chi connectivity index (χ1n) is 16.1. The number of ether oxygens (including phenoxy) is 1. The van der Waals surface area contributed by atoms with E-state index >= 15 is 0 Å². The van der Waals surface area contributed by atoms with E-state index in [2.05, 4.69) is 133 Å². The molecule has 0 N–H and O–H groups in total. The number of imidazole rings is 1. The largest absolute Gasteiger partial charge is 0.457 e. The van der Waals surface area contributed by atoms with Gasteiger partial charge in [-0.05, 0) is 90.9 Å².